The molecular formula is C15H22N2O3. The van der Waals surface area contributed by atoms with Gasteiger partial charge in [0, 0.05) is 13.1 Å². The lowest BCUT2D eigenvalue weighted by molar-refractivity contribution is 0.140. The zero-order chi connectivity index (χ0) is 14.5. The number of ether oxygens (including phenoxy) is 1. The maximum atomic E-state index is 12.1. The number of hydrogen-bond acceptors (Lipinski definition) is 3. The molecule has 1 fully saturated rings. The van der Waals surface area contributed by atoms with E-state index >= 15 is 0 Å². The van der Waals surface area contributed by atoms with Gasteiger partial charge in [0.05, 0.1) is 0 Å². The zero-order valence-electron chi connectivity index (χ0n) is 12.0. The van der Waals surface area contributed by atoms with E-state index in [1.807, 2.05) is 4.90 Å². The van der Waals surface area contributed by atoms with Crippen molar-refractivity contribution in [3.8, 4) is 11.5 Å². The van der Waals surface area contributed by atoms with Crippen molar-refractivity contribution in [3.63, 3.8) is 0 Å². The average Bonchev–Trinajstić information content (AvgIpc) is 2.42. The molecule has 0 aliphatic carbocycles. The van der Waals surface area contributed by atoms with Crippen LogP contribution in [-0.2, 0) is 0 Å². The van der Waals surface area contributed by atoms with E-state index in [1.165, 1.54) is 0 Å². The largest absolute Gasteiger partial charge is 0.508 e. The van der Waals surface area contributed by atoms with Crippen molar-refractivity contribution in [1.82, 2.24) is 10.2 Å². The Balaban J connectivity index is 1.80. The molecule has 20 heavy (non-hydrogen) atoms. The molecule has 1 heterocycles. The fourth-order valence-corrected chi connectivity index (χ4v) is 2.24. The molecule has 1 aliphatic heterocycles. The van der Waals surface area contributed by atoms with Gasteiger partial charge in [-0.05, 0) is 49.9 Å². The predicted octanol–water partition coefficient (Wildman–Crippen LogP) is 2.56. The molecule has 1 atom stereocenters. The number of piperidine rings is 1. The summed E-state index contributed by atoms with van der Waals surface area (Å²) in [7, 11) is 0. The molecule has 1 saturated heterocycles. The van der Waals surface area contributed by atoms with Gasteiger partial charge in [-0.25, -0.2) is 4.79 Å². The molecule has 1 unspecified atom stereocenters. The van der Waals surface area contributed by atoms with Crippen molar-refractivity contribution in [2.75, 3.05) is 13.1 Å². The third-order valence-electron chi connectivity index (χ3n) is 3.55. The predicted molar refractivity (Wildman–Crippen MR) is 76.7 cm³/mol. The first-order valence-electron chi connectivity index (χ1n) is 7.05. The van der Waals surface area contributed by atoms with E-state index in [4.69, 9.17) is 4.74 Å². The molecule has 0 bridgehead atoms. The summed E-state index contributed by atoms with van der Waals surface area (Å²) < 4.78 is 5.58. The zero-order valence-corrected chi connectivity index (χ0v) is 12.0. The van der Waals surface area contributed by atoms with Gasteiger partial charge in [0.1, 0.15) is 11.5 Å². The standard InChI is InChI=1S/C15H22N2O3/c1-11-7-9-17(10-8-11)15(19)16-12(2)20-14-5-3-13(18)4-6-14/h3-6,11-12,18H,7-10H2,1-2H3,(H,16,19). The van der Waals surface area contributed by atoms with Crippen LogP contribution in [0.15, 0.2) is 24.3 Å². The van der Waals surface area contributed by atoms with Crippen LogP contribution in [0.2, 0.25) is 0 Å². The van der Waals surface area contributed by atoms with Crippen LogP contribution in [-0.4, -0.2) is 35.4 Å². The van der Waals surface area contributed by atoms with Crippen molar-refractivity contribution in [1.29, 1.82) is 0 Å². The van der Waals surface area contributed by atoms with E-state index in [0.717, 1.165) is 25.9 Å². The number of amides is 2. The van der Waals surface area contributed by atoms with Gasteiger partial charge in [-0.2, -0.15) is 0 Å². The lowest BCUT2D eigenvalue weighted by Gasteiger charge is -2.31. The Bertz CT molecular complexity index is 439. The highest BCUT2D eigenvalue weighted by molar-refractivity contribution is 5.74. The van der Waals surface area contributed by atoms with Crippen LogP contribution in [0.25, 0.3) is 0 Å². The maximum Gasteiger partial charge on any atom is 0.320 e. The molecule has 0 saturated carbocycles. The molecule has 5 heteroatoms. The van der Waals surface area contributed by atoms with E-state index < -0.39 is 6.23 Å². The van der Waals surface area contributed by atoms with Crippen LogP contribution in [0.1, 0.15) is 26.7 Å². The molecule has 2 N–H and O–H groups in total. The molecule has 1 aromatic carbocycles. The van der Waals surface area contributed by atoms with E-state index in [-0.39, 0.29) is 11.8 Å². The van der Waals surface area contributed by atoms with Gasteiger partial charge in [0.15, 0.2) is 6.23 Å². The van der Waals surface area contributed by atoms with Gasteiger partial charge in [-0.1, -0.05) is 6.92 Å². The number of urea groups is 1. The molecule has 110 valence electrons. The summed E-state index contributed by atoms with van der Waals surface area (Å²) in [6.07, 6.45) is 1.70. The Morgan fingerprint density at radius 3 is 2.55 bits per heavy atom. The van der Waals surface area contributed by atoms with Crippen LogP contribution >= 0.6 is 0 Å². The SMILES string of the molecule is CC1CCN(C(=O)NC(C)Oc2ccc(O)cc2)CC1. The number of nitrogens with zero attached hydrogens (tertiary/aromatic N) is 1. The number of phenolic OH excluding ortho intramolecular Hbond substituents is 1. The summed E-state index contributed by atoms with van der Waals surface area (Å²) in [5, 5.41) is 12.0. The molecule has 2 amide bonds. The van der Waals surface area contributed by atoms with E-state index in [9.17, 15) is 9.90 Å². The minimum atomic E-state index is -0.411. The lowest BCUT2D eigenvalue weighted by atomic mass is 10.00. The number of aromatic hydroxyl groups is 1. The van der Waals surface area contributed by atoms with Crippen LogP contribution in [0.5, 0.6) is 11.5 Å². The van der Waals surface area contributed by atoms with Crippen molar-refractivity contribution in [2.45, 2.75) is 32.9 Å². The Hall–Kier alpha value is -1.91. The number of likely N-dealkylation sites (tertiary alicyclic amines) is 1. The Kier molecular flexibility index (Phi) is 4.71. The summed E-state index contributed by atoms with van der Waals surface area (Å²) in [5.41, 5.74) is 0. The lowest BCUT2D eigenvalue weighted by Crippen LogP contribution is -2.48. The Labute approximate surface area is 119 Å². The highest BCUT2D eigenvalue weighted by atomic mass is 16.5. The Morgan fingerprint density at radius 1 is 1.35 bits per heavy atom. The van der Waals surface area contributed by atoms with Crippen molar-refractivity contribution in [2.24, 2.45) is 5.92 Å². The molecule has 1 aliphatic rings. The molecular weight excluding hydrogens is 256 g/mol. The number of benzene rings is 1. The average molecular weight is 278 g/mol. The van der Waals surface area contributed by atoms with Gasteiger partial charge in [0.25, 0.3) is 0 Å². The number of hydrogen-bond donors (Lipinski definition) is 2. The molecule has 5 nitrogen and oxygen atoms in total. The topological polar surface area (TPSA) is 61.8 Å². The second-order valence-electron chi connectivity index (χ2n) is 5.37. The fraction of sp³-hybridized carbons (Fsp3) is 0.533. The Morgan fingerprint density at radius 2 is 1.95 bits per heavy atom. The smallest absolute Gasteiger partial charge is 0.320 e. The summed E-state index contributed by atoms with van der Waals surface area (Å²) >= 11 is 0. The van der Waals surface area contributed by atoms with Crippen LogP contribution in [0.3, 0.4) is 0 Å². The van der Waals surface area contributed by atoms with Crippen LogP contribution in [0, 0.1) is 5.92 Å². The molecule has 1 aromatic rings. The molecule has 2 rings (SSSR count). The first-order valence-corrected chi connectivity index (χ1v) is 7.05. The van der Waals surface area contributed by atoms with E-state index in [2.05, 4.69) is 12.2 Å². The van der Waals surface area contributed by atoms with Gasteiger partial charge < -0.3 is 20.1 Å². The monoisotopic (exact) mass is 278 g/mol. The molecule has 0 spiro atoms. The maximum absolute atomic E-state index is 12.1. The van der Waals surface area contributed by atoms with Crippen molar-refractivity contribution in [3.05, 3.63) is 24.3 Å². The van der Waals surface area contributed by atoms with E-state index in [0.29, 0.717) is 11.7 Å². The first-order chi connectivity index (χ1) is 9.54. The highest BCUT2D eigenvalue weighted by Crippen LogP contribution is 2.18. The van der Waals surface area contributed by atoms with Gasteiger partial charge in [-0.15, -0.1) is 0 Å². The van der Waals surface area contributed by atoms with Gasteiger partial charge in [-0.3, -0.25) is 0 Å². The second kappa shape index (κ2) is 6.50. The quantitative estimate of drug-likeness (QED) is 0.835. The number of phenols is 1. The van der Waals surface area contributed by atoms with Crippen LogP contribution < -0.4 is 10.1 Å². The van der Waals surface area contributed by atoms with Gasteiger partial charge in [0.2, 0.25) is 0 Å². The van der Waals surface area contributed by atoms with Crippen LogP contribution in [0.4, 0.5) is 4.79 Å². The molecule has 0 aromatic heterocycles. The minimum Gasteiger partial charge on any atom is -0.508 e. The third-order valence-corrected chi connectivity index (χ3v) is 3.55. The highest BCUT2D eigenvalue weighted by Gasteiger charge is 2.21. The summed E-state index contributed by atoms with van der Waals surface area (Å²) in [6, 6.07) is 6.36. The molecule has 0 radical (unpaired) electrons. The first kappa shape index (κ1) is 14.5. The number of rotatable bonds is 3. The number of nitrogens with one attached hydrogen (secondary N) is 1. The van der Waals surface area contributed by atoms with E-state index in [1.54, 1.807) is 31.2 Å². The summed E-state index contributed by atoms with van der Waals surface area (Å²) in [5.74, 6) is 1.50. The van der Waals surface area contributed by atoms with Crippen molar-refractivity contribution >= 4 is 6.03 Å². The minimum absolute atomic E-state index is 0.0804. The van der Waals surface area contributed by atoms with Gasteiger partial charge >= 0.3 is 6.03 Å². The third kappa shape index (κ3) is 4.05. The normalized spacial score (nSPS) is 17.6. The number of carbonyl (C=O) groups excluding carboxylic acids is 1. The summed E-state index contributed by atoms with van der Waals surface area (Å²) in [4.78, 5) is 13.9. The van der Waals surface area contributed by atoms with Crippen molar-refractivity contribution < 1.29 is 14.6 Å². The number of carbonyl (C=O) groups is 1. The second-order valence-corrected chi connectivity index (χ2v) is 5.37. The summed E-state index contributed by atoms with van der Waals surface area (Å²) in [6.45, 7) is 5.61. The fourth-order valence-electron chi connectivity index (χ4n) is 2.24.